The number of ether oxygens (including phenoxy) is 3. The molecule has 1 rings (SSSR count). The van der Waals surface area contributed by atoms with Gasteiger partial charge in [-0.2, -0.15) is 0 Å². The summed E-state index contributed by atoms with van der Waals surface area (Å²) in [6.45, 7) is 14.4. The maximum atomic E-state index is 11.7. The van der Waals surface area contributed by atoms with Crippen molar-refractivity contribution in [2.75, 3.05) is 14.2 Å². The first-order valence-electron chi connectivity index (χ1n) is 12.1. The fraction of sp³-hybridized carbons (Fsp3) is 0.679. The number of unbranched alkanes of at least 4 members (excludes halogenated alkanes) is 1. The average Bonchev–Trinajstić information content (AvgIpc) is 3.07. The van der Waals surface area contributed by atoms with E-state index >= 15 is 0 Å². The van der Waals surface area contributed by atoms with Gasteiger partial charge in [0, 0.05) is 26.1 Å². The molecule has 7 unspecified atom stereocenters. The Hall–Kier alpha value is -1.49. The van der Waals surface area contributed by atoms with E-state index in [1.165, 1.54) is 24.8 Å². The Bertz CT molecular complexity index is 688. The van der Waals surface area contributed by atoms with E-state index < -0.39 is 0 Å². The molecule has 0 amide bonds. The summed E-state index contributed by atoms with van der Waals surface area (Å²) in [6, 6.07) is 0. The van der Waals surface area contributed by atoms with Gasteiger partial charge in [-0.1, -0.05) is 82.6 Å². The van der Waals surface area contributed by atoms with Crippen LogP contribution in [-0.4, -0.2) is 38.5 Å². The molecule has 0 saturated carbocycles. The molecule has 0 aliphatic carbocycles. The molecular formula is C28H46O4. The molecular weight excluding hydrogens is 400 g/mol. The highest BCUT2D eigenvalue weighted by atomic mass is 16.7. The molecule has 1 aliphatic rings. The van der Waals surface area contributed by atoms with E-state index in [4.69, 9.17) is 14.2 Å². The van der Waals surface area contributed by atoms with Gasteiger partial charge in [-0.25, -0.2) is 0 Å². The van der Waals surface area contributed by atoms with E-state index in [9.17, 15) is 4.79 Å². The number of rotatable bonds is 13. The van der Waals surface area contributed by atoms with Gasteiger partial charge < -0.3 is 14.2 Å². The van der Waals surface area contributed by atoms with Crippen molar-refractivity contribution in [3.8, 4) is 0 Å². The fourth-order valence-corrected chi connectivity index (χ4v) is 4.17. The van der Waals surface area contributed by atoms with Crippen molar-refractivity contribution < 1.29 is 19.0 Å². The summed E-state index contributed by atoms with van der Waals surface area (Å²) < 4.78 is 17.4. The summed E-state index contributed by atoms with van der Waals surface area (Å²) in [5, 5.41) is 0. The fourth-order valence-electron chi connectivity index (χ4n) is 4.17. The number of carbonyl (C=O) groups excluding carboxylic acids is 1. The van der Waals surface area contributed by atoms with Crippen LogP contribution in [0.2, 0.25) is 0 Å². The third kappa shape index (κ3) is 8.80. The van der Waals surface area contributed by atoms with Crippen LogP contribution in [0.3, 0.4) is 0 Å². The molecule has 0 aromatic heterocycles. The Kier molecular flexibility index (Phi) is 13.0. The van der Waals surface area contributed by atoms with Crippen LogP contribution in [0, 0.1) is 23.7 Å². The summed E-state index contributed by atoms with van der Waals surface area (Å²) in [4.78, 5) is 11.7. The molecule has 0 aromatic rings. The van der Waals surface area contributed by atoms with Crippen molar-refractivity contribution >= 4 is 5.78 Å². The molecule has 1 heterocycles. The van der Waals surface area contributed by atoms with Gasteiger partial charge in [0.1, 0.15) is 5.78 Å². The molecule has 0 N–H and O–H groups in total. The molecule has 1 aliphatic heterocycles. The lowest BCUT2D eigenvalue weighted by Gasteiger charge is -2.18. The van der Waals surface area contributed by atoms with Crippen LogP contribution in [0.5, 0.6) is 0 Å². The van der Waals surface area contributed by atoms with Crippen LogP contribution >= 0.6 is 0 Å². The molecule has 4 heteroatoms. The number of hydrogen-bond donors (Lipinski definition) is 0. The molecule has 0 aromatic carbocycles. The second kappa shape index (κ2) is 14.6. The van der Waals surface area contributed by atoms with Crippen molar-refractivity contribution in [2.45, 2.75) is 86.2 Å². The molecule has 0 radical (unpaired) electrons. The Morgan fingerprint density at radius 1 is 1.12 bits per heavy atom. The number of methoxy groups -OCH3 is 2. The summed E-state index contributed by atoms with van der Waals surface area (Å²) in [6.07, 6.45) is 16.1. The monoisotopic (exact) mass is 446 g/mol. The molecule has 7 atom stereocenters. The Balaban J connectivity index is 2.89. The first kappa shape index (κ1) is 28.5. The second-order valence-electron chi connectivity index (χ2n) is 9.38. The van der Waals surface area contributed by atoms with Crippen LogP contribution in [-0.2, 0) is 19.0 Å². The van der Waals surface area contributed by atoms with Gasteiger partial charge in [-0.3, -0.25) is 4.79 Å². The predicted octanol–water partition coefficient (Wildman–Crippen LogP) is 6.68. The number of ketones is 1. The second-order valence-corrected chi connectivity index (χ2v) is 9.38. The zero-order valence-corrected chi connectivity index (χ0v) is 21.8. The molecule has 0 spiro atoms. The quantitative estimate of drug-likeness (QED) is 0.296. The lowest BCUT2D eigenvalue weighted by atomic mass is 9.87. The topological polar surface area (TPSA) is 44.8 Å². The molecule has 4 nitrogen and oxygen atoms in total. The first-order chi connectivity index (χ1) is 15.2. The largest absolute Gasteiger partial charge is 0.377 e. The van der Waals surface area contributed by atoms with Crippen molar-refractivity contribution in [3.05, 3.63) is 47.6 Å². The van der Waals surface area contributed by atoms with Crippen molar-refractivity contribution in [1.29, 1.82) is 0 Å². The van der Waals surface area contributed by atoms with E-state index in [1.54, 1.807) is 21.1 Å². The number of Topliss-reactive ketones (excluding diaryl/α,β-unsaturated/α-hetero) is 1. The van der Waals surface area contributed by atoms with Crippen LogP contribution in [0.1, 0.15) is 67.7 Å². The number of hydrogen-bond acceptors (Lipinski definition) is 4. The maximum Gasteiger partial charge on any atom is 0.164 e. The van der Waals surface area contributed by atoms with E-state index in [0.29, 0.717) is 11.8 Å². The van der Waals surface area contributed by atoms with E-state index in [2.05, 4.69) is 58.9 Å². The van der Waals surface area contributed by atoms with E-state index in [1.807, 2.05) is 19.1 Å². The van der Waals surface area contributed by atoms with Crippen LogP contribution in [0.4, 0.5) is 0 Å². The normalized spacial score (nSPS) is 27.9. The zero-order valence-electron chi connectivity index (χ0n) is 21.8. The predicted molar refractivity (Wildman–Crippen MR) is 133 cm³/mol. The molecule has 32 heavy (non-hydrogen) atoms. The first-order valence-corrected chi connectivity index (χ1v) is 12.1. The Morgan fingerprint density at radius 3 is 2.38 bits per heavy atom. The summed E-state index contributed by atoms with van der Waals surface area (Å²) >= 11 is 0. The lowest BCUT2D eigenvalue weighted by Crippen LogP contribution is -2.24. The SMILES string of the molecule is CCCCC(C)C=CC=C(C)C1OC(OC)C(C=C(C)C=CC(OC)C(C)C(C)=O)C1C. The third-order valence-electron chi connectivity index (χ3n) is 6.58. The smallest absolute Gasteiger partial charge is 0.164 e. The highest BCUT2D eigenvalue weighted by molar-refractivity contribution is 5.78. The Morgan fingerprint density at radius 2 is 1.81 bits per heavy atom. The molecule has 182 valence electrons. The van der Waals surface area contributed by atoms with Crippen molar-refractivity contribution in [1.82, 2.24) is 0 Å². The molecule has 1 fully saturated rings. The third-order valence-corrected chi connectivity index (χ3v) is 6.58. The van der Waals surface area contributed by atoms with Crippen LogP contribution in [0.15, 0.2) is 47.6 Å². The summed E-state index contributed by atoms with van der Waals surface area (Å²) in [5.41, 5.74) is 2.33. The van der Waals surface area contributed by atoms with Gasteiger partial charge in [0.25, 0.3) is 0 Å². The van der Waals surface area contributed by atoms with Gasteiger partial charge in [-0.15, -0.1) is 0 Å². The molecule has 1 saturated heterocycles. The maximum absolute atomic E-state index is 11.7. The highest BCUT2D eigenvalue weighted by Gasteiger charge is 2.41. The highest BCUT2D eigenvalue weighted by Crippen LogP contribution is 2.38. The minimum absolute atomic E-state index is 0.0260. The molecule has 0 bridgehead atoms. The summed E-state index contributed by atoms with van der Waals surface area (Å²) in [7, 11) is 3.34. The summed E-state index contributed by atoms with van der Waals surface area (Å²) in [5.74, 6) is 0.995. The van der Waals surface area contributed by atoms with Crippen LogP contribution in [0.25, 0.3) is 0 Å². The number of allylic oxidation sites excluding steroid dienone is 5. The minimum Gasteiger partial charge on any atom is -0.377 e. The van der Waals surface area contributed by atoms with Gasteiger partial charge in [0.15, 0.2) is 6.29 Å². The van der Waals surface area contributed by atoms with E-state index in [-0.39, 0.29) is 36.1 Å². The standard InChI is InChI=1S/C28H46O4/c1-10-11-13-19(2)14-12-15-21(4)27-23(6)25(28(31-9)32-27)18-20(3)16-17-26(30-8)22(5)24(7)29/h12,14-19,22-23,25-28H,10-11,13H2,1-9H3. The van der Waals surface area contributed by atoms with Gasteiger partial charge in [0.2, 0.25) is 0 Å². The zero-order chi connectivity index (χ0) is 24.3. The van der Waals surface area contributed by atoms with Gasteiger partial charge in [0.05, 0.1) is 12.2 Å². The van der Waals surface area contributed by atoms with Crippen molar-refractivity contribution in [3.63, 3.8) is 0 Å². The van der Waals surface area contributed by atoms with Gasteiger partial charge >= 0.3 is 0 Å². The average molecular weight is 447 g/mol. The van der Waals surface area contributed by atoms with E-state index in [0.717, 1.165) is 5.57 Å². The van der Waals surface area contributed by atoms with Crippen molar-refractivity contribution in [2.24, 2.45) is 23.7 Å². The van der Waals surface area contributed by atoms with Crippen LogP contribution < -0.4 is 0 Å². The van der Waals surface area contributed by atoms with Gasteiger partial charge in [-0.05, 0) is 44.6 Å². The number of carbonyl (C=O) groups is 1. The minimum atomic E-state index is -0.275. The Labute approximate surface area is 196 Å². The lowest BCUT2D eigenvalue weighted by molar-refractivity contribution is -0.123.